The van der Waals surface area contributed by atoms with Crippen molar-refractivity contribution >= 4 is 27.5 Å². The van der Waals surface area contributed by atoms with Crippen LogP contribution in [-0.2, 0) is 6.42 Å². The van der Waals surface area contributed by atoms with Crippen LogP contribution in [0.4, 0.5) is 0 Å². The van der Waals surface area contributed by atoms with Crippen LogP contribution in [0.2, 0.25) is 0 Å². The van der Waals surface area contributed by atoms with Gasteiger partial charge in [-0.1, -0.05) is 29.8 Å². The molecule has 21 heavy (non-hydrogen) atoms. The topological polar surface area (TPSA) is 70.4 Å². The lowest BCUT2D eigenvalue weighted by atomic mass is 10.1. The van der Waals surface area contributed by atoms with E-state index in [9.17, 15) is 9.90 Å². The molecule has 0 aliphatic carbocycles. The van der Waals surface area contributed by atoms with Crippen molar-refractivity contribution in [2.45, 2.75) is 13.3 Å². The number of carboxylic acids is 1. The van der Waals surface area contributed by atoms with Gasteiger partial charge in [-0.3, -0.25) is 0 Å². The molecule has 2 N–H and O–H groups in total. The molecule has 0 aliphatic rings. The first-order valence-corrected chi connectivity index (χ1v) is 7.26. The van der Waals surface area contributed by atoms with Crippen molar-refractivity contribution in [2.75, 3.05) is 0 Å². The van der Waals surface area contributed by atoms with Crippen LogP contribution in [0.5, 0.6) is 5.75 Å². The summed E-state index contributed by atoms with van der Waals surface area (Å²) in [5.74, 6) is -1.37. The van der Waals surface area contributed by atoms with E-state index in [1.807, 2.05) is 6.92 Å². The van der Waals surface area contributed by atoms with Crippen LogP contribution in [0.3, 0.4) is 0 Å². The van der Waals surface area contributed by atoms with Gasteiger partial charge in [0.05, 0.1) is 15.2 Å². The number of carbonyl (C=O) groups is 1. The van der Waals surface area contributed by atoms with E-state index in [0.717, 1.165) is 15.3 Å². The highest BCUT2D eigenvalue weighted by Gasteiger charge is 2.14. The lowest BCUT2D eigenvalue weighted by Gasteiger charge is -1.98. The number of nitrogens with zero attached hydrogens (tertiary/aromatic N) is 1. The molecule has 0 unspecified atom stereocenters. The Balaban J connectivity index is 1.97. The monoisotopic (exact) mass is 299 g/mol. The Morgan fingerprint density at radius 2 is 1.95 bits per heavy atom. The molecule has 5 heteroatoms. The molecule has 4 nitrogen and oxygen atoms in total. The highest BCUT2D eigenvalue weighted by atomic mass is 32.1. The molecule has 0 saturated heterocycles. The van der Waals surface area contributed by atoms with Crippen molar-refractivity contribution in [1.29, 1.82) is 0 Å². The van der Waals surface area contributed by atoms with Gasteiger partial charge < -0.3 is 10.2 Å². The van der Waals surface area contributed by atoms with Gasteiger partial charge in [0.15, 0.2) is 0 Å². The quantitative estimate of drug-likeness (QED) is 0.775. The number of benzene rings is 2. The minimum Gasteiger partial charge on any atom is -0.507 e. The van der Waals surface area contributed by atoms with E-state index in [2.05, 4.69) is 29.2 Å². The number of aromatic nitrogens is 1. The number of carboxylic acid groups (broad SMARTS) is 1. The summed E-state index contributed by atoms with van der Waals surface area (Å²) in [4.78, 5) is 15.5. The van der Waals surface area contributed by atoms with Crippen LogP contribution in [-0.4, -0.2) is 21.2 Å². The van der Waals surface area contributed by atoms with Crippen LogP contribution >= 0.6 is 11.3 Å². The van der Waals surface area contributed by atoms with Gasteiger partial charge in [-0.15, -0.1) is 11.3 Å². The van der Waals surface area contributed by atoms with E-state index >= 15 is 0 Å². The molecule has 3 rings (SSSR count). The second-order valence-electron chi connectivity index (χ2n) is 4.91. The van der Waals surface area contributed by atoms with Crippen molar-refractivity contribution in [2.24, 2.45) is 0 Å². The summed E-state index contributed by atoms with van der Waals surface area (Å²) in [5, 5.41) is 19.6. The molecule has 0 aliphatic heterocycles. The third-order valence-corrected chi connectivity index (χ3v) is 4.27. The Labute approximate surface area is 125 Å². The minimum atomic E-state index is -1.15. The van der Waals surface area contributed by atoms with Crippen LogP contribution in [0.25, 0.3) is 10.2 Å². The lowest BCUT2D eigenvalue weighted by Crippen LogP contribution is -1.96. The fourth-order valence-corrected chi connectivity index (χ4v) is 3.15. The molecule has 0 atom stereocenters. The molecular weight excluding hydrogens is 286 g/mol. The molecule has 1 aromatic heterocycles. The molecule has 106 valence electrons. The predicted octanol–water partition coefficient (Wildman–Crippen LogP) is 3.60. The Morgan fingerprint density at radius 1 is 1.24 bits per heavy atom. The number of hydrogen-bond donors (Lipinski definition) is 2. The lowest BCUT2D eigenvalue weighted by molar-refractivity contribution is 0.0694. The zero-order chi connectivity index (χ0) is 15.0. The number of aryl methyl sites for hydroxylation is 1. The van der Waals surface area contributed by atoms with Gasteiger partial charge in [-0.05, 0) is 18.6 Å². The molecule has 0 bridgehead atoms. The Hall–Kier alpha value is -2.40. The van der Waals surface area contributed by atoms with Gasteiger partial charge in [0.2, 0.25) is 0 Å². The standard InChI is InChI=1S/C16H13NO3S/c1-9-2-4-10(5-3-9)6-15-17-12-7-11(16(19)20)13(18)8-14(12)21-15/h2-5,7-8,18H,6H2,1H3,(H,19,20). The third-order valence-electron chi connectivity index (χ3n) is 3.26. The van der Waals surface area contributed by atoms with Gasteiger partial charge in [-0.2, -0.15) is 0 Å². The first-order chi connectivity index (χ1) is 10.0. The van der Waals surface area contributed by atoms with Gasteiger partial charge in [-0.25, -0.2) is 9.78 Å². The Kier molecular flexibility index (Phi) is 3.35. The second kappa shape index (κ2) is 5.18. The highest BCUT2D eigenvalue weighted by Crippen LogP contribution is 2.30. The molecule has 3 aromatic rings. The number of fused-ring (bicyclic) bond motifs is 1. The molecule has 2 aromatic carbocycles. The first kappa shape index (κ1) is 13.6. The maximum absolute atomic E-state index is 11.0. The third kappa shape index (κ3) is 2.73. The highest BCUT2D eigenvalue weighted by molar-refractivity contribution is 7.18. The molecular formula is C16H13NO3S. The zero-order valence-electron chi connectivity index (χ0n) is 11.3. The summed E-state index contributed by atoms with van der Waals surface area (Å²) in [6.45, 7) is 2.04. The number of hydrogen-bond acceptors (Lipinski definition) is 4. The van der Waals surface area contributed by atoms with E-state index in [-0.39, 0.29) is 11.3 Å². The molecule has 0 spiro atoms. The fourth-order valence-electron chi connectivity index (χ4n) is 2.14. The molecule has 0 amide bonds. The summed E-state index contributed by atoms with van der Waals surface area (Å²) >= 11 is 1.47. The Morgan fingerprint density at radius 3 is 2.62 bits per heavy atom. The average molecular weight is 299 g/mol. The van der Waals surface area contributed by atoms with Crippen LogP contribution < -0.4 is 0 Å². The largest absolute Gasteiger partial charge is 0.507 e. The SMILES string of the molecule is Cc1ccc(Cc2nc3cc(C(=O)O)c(O)cc3s2)cc1. The predicted molar refractivity (Wildman–Crippen MR) is 82.2 cm³/mol. The first-order valence-electron chi connectivity index (χ1n) is 6.44. The molecule has 0 saturated carbocycles. The Bertz CT molecular complexity index is 821. The summed E-state index contributed by atoms with van der Waals surface area (Å²) in [5.41, 5.74) is 2.86. The van der Waals surface area contributed by atoms with Crippen molar-refractivity contribution in [3.05, 3.63) is 58.1 Å². The maximum Gasteiger partial charge on any atom is 0.339 e. The van der Waals surface area contributed by atoms with E-state index in [1.165, 1.54) is 29.0 Å². The maximum atomic E-state index is 11.0. The normalized spacial score (nSPS) is 10.9. The smallest absolute Gasteiger partial charge is 0.339 e. The summed E-state index contributed by atoms with van der Waals surface area (Å²) in [6.07, 6.45) is 0.697. The van der Waals surface area contributed by atoms with Crippen LogP contribution in [0.1, 0.15) is 26.5 Å². The van der Waals surface area contributed by atoms with Crippen LogP contribution in [0.15, 0.2) is 36.4 Å². The van der Waals surface area contributed by atoms with E-state index in [1.54, 1.807) is 0 Å². The average Bonchev–Trinajstić information content (AvgIpc) is 2.81. The van der Waals surface area contributed by atoms with Crippen molar-refractivity contribution < 1.29 is 15.0 Å². The van der Waals surface area contributed by atoms with E-state index < -0.39 is 5.97 Å². The minimum absolute atomic E-state index is 0.116. The fraction of sp³-hybridized carbons (Fsp3) is 0.125. The zero-order valence-corrected chi connectivity index (χ0v) is 12.1. The number of aromatic carboxylic acids is 1. The number of phenols is 1. The van der Waals surface area contributed by atoms with Crippen LogP contribution in [0, 0.1) is 6.92 Å². The summed E-state index contributed by atoms with van der Waals surface area (Å²) in [7, 11) is 0. The second-order valence-corrected chi connectivity index (χ2v) is 6.03. The van der Waals surface area contributed by atoms with Gasteiger partial charge in [0.25, 0.3) is 0 Å². The number of rotatable bonds is 3. The molecule has 0 radical (unpaired) electrons. The molecule has 1 heterocycles. The van der Waals surface area contributed by atoms with Crippen molar-refractivity contribution in [1.82, 2.24) is 4.98 Å². The van der Waals surface area contributed by atoms with E-state index in [0.29, 0.717) is 11.9 Å². The molecule has 0 fully saturated rings. The van der Waals surface area contributed by atoms with Gasteiger partial charge in [0.1, 0.15) is 11.3 Å². The number of aromatic hydroxyl groups is 1. The van der Waals surface area contributed by atoms with Crippen molar-refractivity contribution in [3.63, 3.8) is 0 Å². The number of thiazole rings is 1. The van der Waals surface area contributed by atoms with Gasteiger partial charge >= 0.3 is 5.97 Å². The summed E-state index contributed by atoms with van der Waals surface area (Å²) < 4.78 is 0.791. The van der Waals surface area contributed by atoms with Gasteiger partial charge in [0, 0.05) is 12.5 Å². The van der Waals surface area contributed by atoms with E-state index in [4.69, 9.17) is 5.11 Å². The summed E-state index contributed by atoms with van der Waals surface area (Å²) in [6, 6.07) is 11.1. The van der Waals surface area contributed by atoms with Crippen molar-refractivity contribution in [3.8, 4) is 5.75 Å².